The summed E-state index contributed by atoms with van der Waals surface area (Å²) in [6.45, 7) is 3.24. The van der Waals surface area contributed by atoms with Crippen molar-refractivity contribution in [3.63, 3.8) is 0 Å². The molecule has 0 saturated heterocycles. The first-order valence-corrected chi connectivity index (χ1v) is 5.30. The predicted molar refractivity (Wildman–Crippen MR) is 63.4 cm³/mol. The maximum atomic E-state index is 12.8. The Bertz CT molecular complexity index is 486. The molecule has 0 aliphatic carbocycles. The zero-order valence-corrected chi connectivity index (χ0v) is 10.2. The molecular weight excluding hydrogens is 239 g/mol. The second kappa shape index (κ2) is 5.03. The number of benzene rings is 1. The molecule has 0 aliphatic rings. The Hall–Kier alpha value is -2.11. The molecule has 2 amide bonds. The number of amides is 2. The minimum Gasteiger partial charge on any atom is -0.507 e. The zero-order chi connectivity index (χ0) is 13.9. The molecule has 6 heteroatoms. The van der Waals surface area contributed by atoms with Crippen LogP contribution in [-0.2, 0) is 4.79 Å². The van der Waals surface area contributed by atoms with E-state index in [0.29, 0.717) is 0 Å². The van der Waals surface area contributed by atoms with E-state index in [-0.39, 0.29) is 12.0 Å². The number of primary amides is 1. The van der Waals surface area contributed by atoms with E-state index < -0.39 is 28.9 Å². The van der Waals surface area contributed by atoms with Crippen LogP contribution in [0.25, 0.3) is 0 Å². The molecule has 0 unspecified atom stereocenters. The molecule has 0 spiro atoms. The number of halogens is 1. The average Bonchev–Trinajstić information content (AvgIpc) is 2.13. The first-order chi connectivity index (χ1) is 8.21. The van der Waals surface area contributed by atoms with Gasteiger partial charge in [0.05, 0.1) is 5.56 Å². The smallest absolute Gasteiger partial charge is 0.255 e. The zero-order valence-electron chi connectivity index (χ0n) is 10.2. The molecular formula is C12H15FN2O3. The lowest BCUT2D eigenvalue weighted by atomic mass is 9.99. The van der Waals surface area contributed by atoms with Crippen LogP contribution in [-0.4, -0.2) is 22.5 Å². The number of rotatable bonds is 4. The van der Waals surface area contributed by atoms with Crippen molar-refractivity contribution >= 4 is 11.8 Å². The van der Waals surface area contributed by atoms with Crippen molar-refractivity contribution in [1.82, 2.24) is 5.32 Å². The number of nitrogens with one attached hydrogen (secondary N) is 1. The van der Waals surface area contributed by atoms with Crippen molar-refractivity contribution in [2.45, 2.75) is 25.8 Å². The molecule has 0 radical (unpaired) electrons. The van der Waals surface area contributed by atoms with Gasteiger partial charge in [-0.1, -0.05) is 0 Å². The van der Waals surface area contributed by atoms with E-state index in [1.807, 2.05) is 0 Å². The topological polar surface area (TPSA) is 92.4 Å². The summed E-state index contributed by atoms with van der Waals surface area (Å²) < 4.78 is 12.8. The molecule has 5 nitrogen and oxygen atoms in total. The summed E-state index contributed by atoms with van der Waals surface area (Å²) in [6.07, 6.45) is -0.0410. The van der Waals surface area contributed by atoms with Gasteiger partial charge >= 0.3 is 0 Å². The Kier molecular flexibility index (Phi) is 3.90. The van der Waals surface area contributed by atoms with Crippen LogP contribution in [0.5, 0.6) is 5.75 Å². The van der Waals surface area contributed by atoms with Crippen molar-refractivity contribution in [1.29, 1.82) is 0 Å². The van der Waals surface area contributed by atoms with Crippen molar-refractivity contribution in [3.05, 3.63) is 29.6 Å². The quantitative estimate of drug-likeness (QED) is 0.745. The third-order valence-corrected chi connectivity index (χ3v) is 2.27. The van der Waals surface area contributed by atoms with E-state index in [9.17, 15) is 19.1 Å². The van der Waals surface area contributed by atoms with Crippen molar-refractivity contribution in [2.24, 2.45) is 5.73 Å². The third-order valence-electron chi connectivity index (χ3n) is 2.27. The second-order valence-electron chi connectivity index (χ2n) is 4.64. The van der Waals surface area contributed by atoms with Crippen molar-refractivity contribution in [2.75, 3.05) is 0 Å². The normalized spacial score (nSPS) is 11.1. The summed E-state index contributed by atoms with van der Waals surface area (Å²) in [5.74, 6) is -2.25. The van der Waals surface area contributed by atoms with Crippen molar-refractivity contribution < 1.29 is 19.1 Å². The summed E-state index contributed by atoms with van der Waals surface area (Å²) in [7, 11) is 0. The molecule has 0 heterocycles. The van der Waals surface area contributed by atoms with Crippen LogP contribution in [0.1, 0.15) is 30.6 Å². The largest absolute Gasteiger partial charge is 0.507 e. The molecule has 0 atom stereocenters. The van der Waals surface area contributed by atoms with Crippen molar-refractivity contribution in [3.8, 4) is 5.75 Å². The molecule has 1 aromatic rings. The van der Waals surface area contributed by atoms with Gasteiger partial charge in [0.25, 0.3) is 5.91 Å². The van der Waals surface area contributed by atoms with E-state index >= 15 is 0 Å². The first kappa shape index (κ1) is 14.0. The number of hydrogen-bond acceptors (Lipinski definition) is 3. The first-order valence-electron chi connectivity index (χ1n) is 5.30. The number of aromatic hydroxyl groups is 1. The molecule has 1 aromatic carbocycles. The average molecular weight is 254 g/mol. The molecule has 1 rings (SSSR count). The van der Waals surface area contributed by atoms with Gasteiger partial charge in [-0.2, -0.15) is 0 Å². The fourth-order valence-electron chi connectivity index (χ4n) is 1.55. The van der Waals surface area contributed by atoms with Gasteiger partial charge in [-0.15, -0.1) is 0 Å². The summed E-state index contributed by atoms with van der Waals surface area (Å²) in [5, 5.41) is 12.0. The summed E-state index contributed by atoms with van der Waals surface area (Å²) in [6, 6.07) is 3.08. The fraction of sp³-hybridized carbons (Fsp3) is 0.333. The lowest BCUT2D eigenvalue weighted by molar-refractivity contribution is -0.119. The van der Waals surface area contributed by atoms with E-state index in [1.54, 1.807) is 13.8 Å². The van der Waals surface area contributed by atoms with Gasteiger partial charge in [0, 0.05) is 18.0 Å². The van der Waals surface area contributed by atoms with E-state index in [2.05, 4.69) is 5.32 Å². The third kappa shape index (κ3) is 3.73. The Morgan fingerprint density at radius 1 is 1.44 bits per heavy atom. The molecule has 18 heavy (non-hydrogen) atoms. The Balaban J connectivity index is 2.85. The highest BCUT2D eigenvalue weighted by atomic mass is 19.1. The minimum atomic E-state index is -0.844. The lowest BCUT2D eigenvalue weighted by Gasteiger charge is -2.24. The summed E-state index contributed by atoms with van der Waals surface area (Å²) in [4.78, 5) is 22.6. The Morgan fingerprint density at radius 3 is 2.56 bits per heavy atom. The van der Waals surface area contributed by atoms with Gasteiger partial charge in [0.2, 0.25) is 5.91 Å². The van der Waals surface area contributed by atoms with Crippen LogP contribution in [0, 0.1) is 5.82 Å². The van der Waals surface area contributed by atoms with E-state index in [0.717, 1.165) is 12.1 Å². The van der Waals surface area contributed by atoms with E-state index in [1.165, 1.54) is 6.07 Å². The lowest BCUT2D eigenvalue weighted by Crippen LogP contribution is -2.46. The number of phenols is 1. The molecule has 0 fully saturated rings. The van der Waals surface area contributed by atoms with Gasteiger partial charge in [-0.25, -0.2) is 4.39 Å². The van der Waals surface area contributed by atoms with Gasteiger partial charge in [-0.3, -0.25) is 9.59 Å². The summed E-state index contributed by atoms with van der Waals surface area (Å²) >= 11 is 0. The maximum absolute atomic E-state index is 12.8. The Morgan fingerprint density at radius 2 is 2.06 bits per heavy atom. The number of nitrogens with two attached hydrogens (primary N) is 1. The van der Waals surface area contributed by atoms with Crippen LogP contribution in [0.4, 0.5) is 4.39 Å². The number of carbonyl (C=O) groups is 2. The van der Waals surface area contributed by atoms with Crippen LogP contribution in [0.2, 0.25) is 0 Å². The molecule has 0 bridgehead atoms. The number of hydrogen-bond donors (Lipinski definition) is 3. The van der Waals surface area contributed by atoms with Gasteiger partial charge in [-0.05, 0) is 26.0 Å². The van der Waals surface area contributed by atoms with Gasteiger partial charge < -0.3 is 16.2 Å². The molecule has 98 valence electrons. The molecule has 0 aliphatic heterocycles. The molecule has 4 N–H and O–H groups in total. The van der Waals surface area contributed by atoms with E-state index in [4.69, 9.17) is 5.73 Å². The maximum Gasteiger partial charge on any atom is 0.255 e. The Labute approximate surface area is 104 Å². The minimum absolute atomic E-state index is 0.0410. The molecule has 0 saturated carbocycles. The highest BCUT2D eigenvalue weighted by Gasteiger charge is 2.24. The predicted octanol–water partition coefficient (Wildman–Crippen LogP) is 0.915. The fourth-order valence-corrected chi connectivity index (χ4v) is 1.55. The monoisotopic (exact) mass is 254 g/mol. The summed E-state index contributed by atoms with van der Waals surface area (Å²) in [5.41, 5.74) is 4.15. The standard InChI is InChI=1S/C12H15FN2O3/c1-12(2,6-10(14)17)15-11(18)8-4-3-7(13)5-9(8)16/h3-5,16H,6H2,1-2H3,(H2,14,17)(H,15,18). The van der Waals surface area contributed by atoms with Crippen LogP contribution < -0.4 is 11.1 Å². The second-order valence-corrected chi connectivity index (χ2v) is 4.64. The number of phenolic OH excluding ortho intramolecular Hbond substituents is 1. The van der Waals surface area contributed by atoms with Crippen LogP contribution in [0.15, 0.2) is 18.2 Å². The van der Waals surface area contributed by atoms with Gasteiger partial charge in [0.15, 0.2) is 0 Å². The SMILES string of the molecule is CC(C)(CC(N)=O)NC(=O)c1ccc(F)cc1O. The van der Waals surface area contributed by atoms with Crippen LogP contribution >= 0.6 is 0 Å². The van der Waals surface area contributed by atoms with Gasteiger partial charge in [0.1, 0.15) is 11.6 Å². The number of carbonyl (C=O) groups excluding carboxylic acids is 2. The molecule has 0 aromatic heterocycles. The highest BCUT2D eigenvalue weighted by molar-refractivity contribution is 5.97. The van der Waals surface area contributed by atoms with Crippen LogP contribution in [0.3, 0.4) is 0 Å². The highest BCUT2D eigenvalue weighted by Crippen LogP contribution is 2.19.